The summed E-state index contributed by atoms with van der Waals surface area (Å²) in [7, 11) is -3.63. The zero-order chi connectivity index (χ0) is 29.3. The van der Waals surface area contributed by atoms with Gasteiger partial charge in [-0.1, -0.05) is 53.5 Å². The lowest BCUT2D eigenvalue weighted by atomic mass is 10.1. The van der Waals surface area contributed by atoms with E-state index in [0.29, 0.717) is 44.9 Å². The van der Waals surface area contributed by atoms with E-state index in [-0.39, 0.29) is 33.1 Å². The first-order valence-corrected chi connectivity index (χ1v) is 15.5. The number of hydrogen-bond donors (Lipinski definition) is 2. The normalized spacial score (nSPS) is 13.8. The van der Waals surface area contributed by atoms with Gasteiger partial charge in [-0.15, -0.1) is 0 Å². The van der Waals surface area contributed by atoms with E-state index in [1.807, 2.05) is 45.0 Å². The van der Waals surface area contributed by atoms with Gasteiger partial charge in [0, 0.05) is 12.0 Å². The number of nitrogens with one attached hydrogen (secondary N) is 2. The first-order valence-electron chi connectivity index (χ1n) is 13.1. The summed E-state index contributed by atoms with van der Waals surface area (Å²) < 4.78 is 30.4. The van der Waals surface area contributed by atoms with E-state index in [1.165, 1.54) is 18.2 Å². The quantitative estimate of drug-likeness (QED) is 0.321. The van der Waals surface area contributed by atoms with Crippen LogP contribution in [0.5, 0.6) is 0 Å². The smallest absolute Gasteiger partial charge is 0.416 e. The van der Waals surface area contributed by atoms with Crippen LogP contribution in [0.25, 0.3) is 0 Å². The van der Waals surface area contributed by atoms with Gasteiger partial charge in [-0.2, -0.15) is 0 Å². The van der Waals surface area contributed by atoms with Crippen LogP contribution < -0.4 is 10.6 Å². The summed E-state index contributed by atoms with van der Waals surface area (Å²) in [6.07, 6.45) is 1.19. The predicted octanol–water partition coefficient (Wildman–Crippen LogP) is 4.49. The second-order valence-corrected chi connectivity index (χ2v) is 13.2. The average Bonchev–Trinajstić information content (AvgIpc) is 3.38. The van der Waals surface area contributed by atoms with E-state index in [0.717, 1.165) is 17.5 Å². The zero-order valence-electron chi connectivity index (χ0n) is 23.0. The van der Waals surface area contributed by atoms with Gasteiger partial charge in [-0.3, -0.25) is 14.7 Å². The Labute approximate surface area is 246 Å². The van der Waals surface area contributed by atoms with Crippen molar-refractivity contribution in [1.82, 2.24) is 15.5 Å². The van der Waals surface area contributed by atoms with E-state index in [1.54, 1.807) is 4.90 Å². The molecule has 0 aromatic heterocycles. The van der Waals surface area contributed by atoms with Crippen molar-refractivity contribution in [2.45, 2.75) is 50.5 Å². The van der Waals surface area contributed by atoms with Crippen LogP contribution in [-0.4, -0.2) is 75.2 Å². The topological polar surface area (TPSA) is 117 Å². The molecular formula is C28H36Cl2N4O5S. The molecule has 1 aliphatic heterocycles. The fourth-order valence-corrected chi connectivity index (χ4v) is 5.92. The van der Waals surface area contributed by atoms with E-state index >= 15 is 0 Å². The molecule has 1 aliphatic rings. The van der Waals surface area contributed by atoms with Gasteiger partial charge in [0.05, 0.1) is 34.6 Å². The summed E-state index contributed by atoms with van der Waals surface area (Å²) in [5, 5.41) is 6.21. The van der Waals surface area contributed by atoms with Gasteiger partial charge in [-0.05, 0) is 64.4 Å². The summed E-state index contributed by atoms with van der Waals surface area (Å²) in [4.78, 5) is 30.7. The number of amidine groups is 1. The van der Waals surface area contributed by atoms with Crippen LogP contribution in [0.3, 0.4) is 0 Å². The van der Waals surface area contributed by atoms with Crippen LogP contribution in [0.1, 0.15) is 44.7 Å². The molecule has 0 saturated heterocycles. The molecule has 40 heavy (non-hydrogen) atoms. The van der Waals surface area contributed by atoms with Crippen molar-refractivity contribution in [3.63, 3.8) is 0 Å². The van der Waals surface area contributed by atoms with Crippen molar-refractivity contribution >= 4 is 50.8 Å². The molecule has 0 fully saturated rings. The van der Waals surface area contributed by atoms with E-state index in [9.17, 15) is 18.0 Å². The lowest BCUT2D eigenvalue weighted by molar-refractivity contribution is -0.118. The Balaban J connectivity index is 1.33. The zero-order valence-corrected chi connectivity index (χ0v) is 25.3. The number of aliphatic imine (C=N–C) groups is 1. The maximum absolute atomic E-state index is 12.5. The molecule has 0 saturated carbocycles. The number of nitrogens with zero attached hydrogens (tertiary/aromatic N) is 2. The molecule has 218 valence electrons. The highest BCUT2D eigenvalue weighted by atomic mass is 35.5. The Hall–Kier alpha value is -2.50. The van der Waals surface area contributed by atoms with Crippen LogP contribution >= 0.6 is 23.2 Å². The molecule has 0 unspecified atom stereocenters. The molecule has 2 aromatic rings. The Bertz CT molecular complexity index is 1330. The lowest BCUT2D eigenvalue weighted by Crippen LogP contribution is -2.39. The minimum absolute atomic E-state index is 0.0104. The number of halogens is 2. The Kier molecular flexibility index (Phi) is 11.5. The average molecular weight is 612 g/mol. The van der Waals surface area contributed by atoms with Crippen molar-refractivity contribution in [2.75, 3.05) is 38.6 Å². The van der Waals surface area contributed by atoms with Crippen LogP contribution in [0.4, 0.5) is 4.79 Å². The summed E-state index contributed by atoms with van der Waals surface area (Å²) in [5.74, 6) is 0.384. The highest BCUT2D eigenvalue weighted by molar-refractivity contribution is 7.91. The van der Waals surface area contributed by atoms with E-state index in [4.69, 9.17) is 27.9 Å². The van der Waals surface area contributed by atoms with Crippen LogP contribution in [0, 0.1) is 0 Å². The molecule has 1 heterocycles. The summed E-state index contributed by atoms with van der Waals surface area (Å²) in [5.41, 5.74) is 1.37. The van der Waals surface area contributed by atoms with Crippen LogP contribution in [-0.2, 0) is 25.8 Å². The Morgan fingerprint density at radius 1 is 1.05 bits per heavy atom. The molecule has 0 radical (unpaired) electrons. The standard InChI is InChI=1S/C28H36Cl2N4O5S/c1-28(2,3)39-27(36)34-17-16-33-26(34)21-11-9-20(10-12-21)13-15-31-18-22(35)6-5-14-32-19-40(37,38)24-8-4-7-23(29)25(24)30/h4,7-12,31-32H,5-6,13-19H2,1-3H3. The first kappa shape index (κ1) is 32.0. The minimum atomic E-state index is -3.63. The summed E-state index contributed by atoms with van der Waals surface area (Å²) in [6, 6.07) is 12.3. The molecule has 9 nitrogen and oxygen atoms in total. The Morgan fingerprint density at radius 2 is 1.77 bits per heavy atom. The van der Waals surface area contributed by atoms with Gasteiger partial charge >= 0.3 is 6.09 Å². The number of ether oxygens (including phenoxy) is 1. The lowest BCUT2D eigenvalue weighted by Gasteiger charge is -2.25. The van der Waals surface area contributed by atoms with Gasteiger partial charge in [0.1, 0.15) is 23.1 Å². The van der Waals surface area contributed by atoms with E-state index in [2.05, 4.69) is 15.6 Å². The number of amides is 1. The molecular weight excluding hydrogens is 575 g/mol. The Morgan fingerprint density at radius 3 is 2.48 bits per heavy atom. The monoisotopic (exact) mass is 610 g/mol. The van der Waals surface area contributed by atoms with Crippen molar-refractivity contribution in [3.8, 4) is 0 Å². The third-order valence-corrected chi connectivity index (χ3v) is 8.46. The van der Waals surface area contributed by atoms with Crippen LogP contribution in [0.15, 0.2) is 52.4 Å². The van der Waals surface area contributed by atoms with Gasteiger partial charge in [0.15, 0.2) is 9.84 Å². The highest BCUT2D eigenvalue weighted by Gasteiger charge is 2.29. The van der Waals surface area contributed by atoms with Crippen molar-refractivity contribution in [2.24, 2.45) is 4.99 Å². The predicted molar refractivity (Wildman–Crippen MR) is 158 cm³/mol. The van der Waals surface area contributed by atoms with Crippen molar-refractivity contribution in [3.05, 3.63) is 63.6 Å². The fourth-order valence-electron chi connectivity index (χ4n) is 3.98. The van der Waals surface area contributed by atoms with Gasteiger partial charge < -0.3 is 15.4 Å². The minimum Gasteiger partial charge on any atom is -0.443 e. The maximum atomic E-state index is 12.5. The van der Waals surface area contributed by atoms with Gasteiger partial charge in [-0.25, -0.2) is 13.2 Å². The summed E-state index contributed by atoms with van der Waals surface area (Å²) in [6.45, 7) is 7.81. The largest absolute Gasteiger partial charge is 0.443 e. The van der Waals surface area contributed by atoms with Crippen molar-refractivity contribution < 1.29 is 22.7 Å². The number of rotatable bonds is 13. The molecule has 0 bridgehead atoms. The molecule has 12 heteroatoms. The fraction of sp³-hybridized carbons (Fsp3) is 0.464. The molecule has 1 amide bonds. The van der Waals surface area contributed by atoms with Gasteiger partial charge in [0.25, 0.3) is 0 Å². The third kappa shape index (κ3) is 9.55. The summed E-state index contributed by atoms with van der Waals surface area (Å²) >= 11 is 11.9. The number of carbonyl (C=O) groups excluding carboxylic acids is 2. The number of sulfone groups is 1. The molecule has 0 atom stereocenters. The number of carbonyl (C=O) groups is 2. The van der Waals surface area contributed by atoms with Crippen molar-refractivity contribution in [1.29, 1.82) is 0 Å². The molecule has 0 spiro atoms. The maximum Gasteiger partial charge on any atom is 0.416 e. The number of hydrogen-bond acceptors (Lipinski definition) is 8. The SMILES string of the molecule is CC(C)(C)OC(=O)N1CCN=C1c1ccc(CCNCC(=O)CCCNCS(=O)(=O)c2cccc(Cl)c2Cl)cc1. The molecule has 3 rings (SSSR count). The third-order valence-electron chi connectivity index (χ3n) is 5.93. The van der Waals surface area contributed by atoms with E-state index < -0.39 is 21.5 Å². The molecule has 0 aliphatic carbocycles. The molecule has 2 N–H and O–H groups in total. The second kappa shape index (κ2) is 14.4. The molecule has 2 aromatic carbocycles. The number of Topliss-reactive ketones (excluding diaryl/α,β-unsaturated/α-hetero) is 1. The highest BCUT2D eigenvalue weighted by Crippen LogP contribution is 2.29. The van der Waals surface area contributed by atoms with Crippen LogP contribution in [0.2, 0.25) is 10.0 Å². The number of ketones is 1. The number of benzene rings is 2. The first-order chi connectivity index (χ1) is 18.9. The second-order valence-electron chi connectivity index (χ2n) is 10.4. The van der Waals surface area contributed by atoms with Gasteiger partial charge in [0.2, 0.25) is 0 Å².